The molecule has 4 aromatic rings. The van der Waals surface area contributed by atoms with Crippen molar-refractivity contribution in [2.24, 2.45) is 0 Å². The molecule has 0 amide bonds. The van der Waals surface area contributed by atoms with Crippen molar-refractivity contribution in [3.8, 4) is 23.0 Å². The molecular formula is C64H80O12. The molecule has 5 aliphatic carbocycles. The molecule has 0 radical (unpaired) electrons. The zero-order valence-corrected chi connectivity index (χ0v) is 45.5. The number of carboxylic acid groups (broad SMARTS) is 4. The van der Waals surface area contributed by atoms with Gasteiger partial charge in [0.2, 0.25) is 0 Å². The lowest BCUT2D eigenvalue weighted by molar-refractivity contribution is -0.140. The van der Waals surface area contributed by atoms with Crippen molar-refractivity contribution in [2.75, 3.05) is 26.4 Å². The molecular weight excluding hydrogens is 961 g/mol. The number of benzene rings is 4. The van der Waals surface area contributed by atoms with Gasteiger partial charge in [-0.3, -0.25) is 0 Å². The quantitative estimate of drug-likeness (QED) is 0.0734. The number of carboxylic acids is 4. The zero-order chi connectivity index (χ0) is 53.8. The third-order valence-electron chi connectivity index (χ3n) is 18.5. The van der Waals surface area contributed by atoms with E-state index in [0.29, 0.717) is 23.0 Å². The van der Waals surface area contributed by atoms with E-state index in [4.69, 9.17) is 18.9 Å². The smallest absolute Gasteiger partial charge is 0.341 e. The highest BCUT2D eigenvalue weighted by Gasteiger charge is 2.37. The minimum Gasteiger partial charge on any atom is -0.481 e. The van der Waals surface area contributed by atoms with E-state index in [1.54, 1.807) is 0 Å². The Morgan fingerprint density at radius 1 is 0.316 bits per heavy atom. The summed E-state index contributed by atoms with van der Waals surface area (Å²) in [4.78, 5) is 50.5. The maximum absolute atomic E-state index is 12.6. The van der Waals surface area contributed by atoms with Gasteiger partial charge >= 0.3 is 23.9 Å². The maximum atomic E-state index is 12.6. The number of ether oxygens (including phenoxy) is 4. The average molecular weight is 1040 g/mol. The molecule has 408 valence electrons. The second kappa shape index (κ2) is 22.9. The van der Waals surface area contributed by atoms with Gasteiger partial charge in [-0.1, -0.05) is 153 Å². The van der Waals surface area contributed by atoms with Crippen molar-refractivity contribution < 1.29 is 58.6 Å². The van der Waals surface area contributed by atoms with Gasteiger partial charge in [-0.15, -0.1) is 0 Å². The van der Waals surface area contributed by atoms with Crippen LogP contribution in [0.25, 0.3) is 0 Å². The lowest BCUT2D eigenvalue weighted by atomic mass is 9.68. The first-order valence-electron chi connectivity index (χ1n) is 28.4. The van der Waals surface area contributed by atoms with Crippen molar-refractivity contribution in [3.63, 3.8) is 0 Å². The van der Waals surface area contributed by atoms with Crippen LogP contribution in [-0.4, -0.2) is 70.7 Å². The number of fused-ring (bicyclic) bond motifs is 8. The highest BCUT2D eigenvalue weighted by molar-refractivity contribution is 5.71. The number of hydrogen-bond donors (Lipinski definition) is 4. The van der Waals surface area contributed by atoms with Crippen LogP contribution in [0, 0.1) is 0 Å². The van der Waals surface area contributed by atoms with Crippen LogP contribution in [0.15, 0.2) is 48.5 Å². The molecule has 0 saturated heterocycles. The molecule has 4 N–H and O–H groups in total. The lowest BCUT2D eigenvalue weighted by Crippen LogP contribution is -2.27. The van der Waals surface area contributed by atoms with E-state index in [0.717, 1.165) is 195 Å². The van der Waals surface area contributed by atoms with Gasteiger partial charge in [0, 0.05) is 25.7 Å². The average Bonchev–Trinajstić information content (AvgIpc) is 3.37. The lowest BCUT2D eigenvalue weighted by Gasteiger charge is -2.37. The van der Waals surface area contributed by atoms with Gasteiger partial charge in [-0.05, 0) is 140 Å². The van der Waals surface area contributed by atoms with Crippen LogP contribution in [0.3, 0.4) is 0 Å². The third kappa shape index (κ3) is 12.2. The van der Waals surface area contributed by atoms with Crippen molar-refractivity contribution in [3.05, 3.63) is 115 Å². The van der Waals surface area contributed by atoms with Crippen LogP contribution >= 0.6 is 0 Å². The Labute approximate surface area is 448 Å². The molecule has 0 unspecified atom stereocenters. The summed E-state index contributed by atoms with van der Waals surface area (Å²) in [6, 6.07) is 17.4. The van der Waals surface area contributed by atoms with Crippen LogP contribution in [-0.2, 0) is 66.5 Å². The van der Waals surface area contributed by atoms with Crippen molar-refractivity contribution in [1.29, 1.82) is 0 Å². The standard InChI is InChI=1S/C64H80O12/c1-61(17-9-5-10-18-61)49-29-41-25-43-31-50(62(2)19-11-6-12-20-62)33-45(58(43)74-38-54(67)68)27-47-35-52(64(4)23-15-8-16-24-64)36-48(60(47)76-40-56(71)72)28-46-34-51(63(3)21-13-7-14-22-63)32-44(59(46)75-39-55(69)70)26-42(30-49)57(41)73-37-53(65)66/h29-36H,5-28,37-40H2,1-4H3,(H,65,66)(H,67,68)(H,69,70)(H,71,72). The van der Waals surface area contributed by atoms with Crippen LogP contribution in [0.4, 0.5) is 0 Å². The first-order valence-corrected chi connectivity index (χ1v) is 28.4. The van der Waals surface area contributed by atoms with E-state index in [1.807, 2.05) is 0 Å². The predicted octanol–water partition coefficient (Wildman–Crippen LogP) is 13.1. The normalized spacial score (nSPS) is 19.6. The fourth-order valence-electron chi connectivity index (χ4n) is 14.0. The number of rotatable bonds is 16. The summed E-state index contributed by atoms with van der Waals surface area (Å²) in [6.45, 7) is 6.82. The van der Waals surface area contributed by atoms with Gasteiger partial charge in [0.25, 0.3) is 0 Å². The monoisotopic (exact) mass is 1040 g/mol. The summed E-state index contributed by atoms with van der Waals surface area (Å²) in [7, 11) is 0. The summed E-state index contributed by atoms with van der Waals surface area (Å²) in [5.74, 6) is -2.88. The second-order valence-electron chi connectivity index (χ2n) is 24.4. The van der Waals surface area contributed by atoms with E-state index in [2.05, 4.69) is 76.2 Å². The van der Waals surface area contributed by atoms with Crippen molar-refractivity contribution in [2.45, 2.75) is 203 Å². The SMILES string of the molecule is CC1(c2cc3c(OCC(=O)O)c(c2)Cc2cc(C4(C)CCCCC4)cc(c2OCC(=O)O)Cc2cc(C4(C)CCCCC4)cc(c2OCC(=O)O)Cc2cc(C4(C)CCCCC4)cc(c2OCC(=O)O)C3)CCCCC1. The van der Waals surface area contributed by atoms with Crippen LogP contribution < -0.4 is 18.9 Å². The molecule has 0 heterocycles. The van der Waals surface area contributed by atoms with Gasteiger partial charge in [-0.25, -0.2) is 19.2 Å². The minimum absolute atomic E-state index is 0.216. The van der Waals surface area contributed by atoms with E-state index in [9.17, 15) is 39.6 Å². The van der Waals surface area contributed by atoms with Gasteiger partial charge < -0.3 is 39.4 Å². The Balaban J connectivity index is 1.41. The Morgan fingerprint density at radius 2 is 0.474 bits per heavy atom. The summed E-state index contributed by atoms with van der Waals surface area (Å²) in [6.07, 6.45) is 21.6. The minimum atomic E-state index is -1.13. The van der Waals surface area contributed by atoms with Crippen LogP contribution in [0.1, 0.15) is 223 Å². The van der Waals surface area contributed by atoms with E-state index in [1.165, 1.54) is 0 Å². The fraction of sp³-hybridized carbons (Fsp3) is 0.562. The molecule has 12 heteroatoms. The van der Waals surface area contributed by atoms with Crippen LogP contribution in [0.2, 0.25) is 0 Å². The molecule has 9 rings (SSSR count). The van der Waals surface area contributed by atoms with Gasteiger partial charge in [0.05, 0.1) is 0 Å². The summed E-state index contributed by atoms with van der Waals surface area (Å²) < 4.78 is 26.2. The molecule has 12 nitrogen and oxygen atoms in total. The number of carbonyl (C=O) groups is 4. The van der Waals surface area contributed by atoms with Crippen molar-refractivity contribution in [1.82, 2.24) is 0 Å². The zero-order valence-electron chi connectivity index (χ0n) is 45.5. The van der Waals surface area contributed by atoms with Crippen molar-refractivity contribution >= 4 is 23.9 Å². The van der Waals surface area contributed by atoms with Crippen LogP contribution in [0.5, 0.6) is 23.0 Å². The number of hydrogen-bond acceptors (Lipinski definition) is 8. The van der Waals surface area contributed by atoms with Gasteiger partial charge in [0.1, 0.15) is 23.0 Å². The molecule has 0 atom stereocenters. The Bertz CT molecular complexity index is 2340. The Kier molecular flexibility index (Phi) is 16.5. The molecule has 5 aliphatic rings. The molecule has 0 aromatic heterocycles. The van der Waals surface area contributed by atoms with Gasteiger partial charge in [0.15, 0.2) is 26.4 Å². The second-order valence-corrected chi connectivity index (χ2v) is 24.4. The summed E-state index contributed by atoms with van der Waals surface area (Å²) in [5.41, 5.74) is 9.50. The van der Waals surface area contributed by atoms with E-state index in [-0.39, 0.29) is 47.3 Å². The van der Waals surface area contributed by atoms with E-state index < -0.39 is 50.3 Å². The third-order valence-corrected chi connectivity index (χ3v) is 18.5. The first kappa shape index (κ1) is 54.7. The Morgan fingerprint density at radius 3 is 0.618 bits per heavy atom. The molecule has 8 bridgehead atoms. The topological polar surface area (TPSA) is 186 Å². The molecule has 4 saturated carbocycles. The fourth-order valence-corrected chi connectivity index (χ4v) is 14.0. The molecule has 4 fully saturated rings. The predicted molar refractivity (Wildman–Crippen MR) is 291 cm³/mol. The highest BCUT2D eigenvalue weighted by atomic mass is 16.5. The summed E-state index contributed by atoms with van der Waals surface area (Å²) in [5, 5.41) is 41.2. The molecule has 4 aromatic carbocycles. The molecule has 0 spiro atoms. The first-order chi connectivity index (χ1) is 36.3. The van der Waals surface area contributed by atoms with Gasteiger partial charge in [-0.2, -0.15) is 0 Å². The molecule has 76 heavy (non-hydrogen) atoms. The largest absolute Gasteiger partial charge is 0.481 e. The molecule has 0 aliphatic heterocycles. The Hall–Kier alpha value is -6.04. The maximum Gasteiger partial charge on any atom is 0.341 e. The number of aliphatic carboxylic acids is 4. The summed E-state index contributed by atoms with van der Waals surface area (Å²) >= 11 is 0. The van der Waals surface area contributed by atoms with E-state index >= 15 is 0 Å². The highest BCUT2D eigenvalue weighted by Crippen LogP contribution is 2.50.